The van der Waals surface area contributed by atoms with Crippen molar-refractivity contribution in [3.8, 4) is 0 Å². The number of carbonyl (C=O) groups excluding carboxylic acids is 1. The van der Waals surface area contributed by atoms with Crippen LogP contribution in [0.5, 0.6) is 0 Å². The Morgan fingerprint density at radius 2 is 1.73 bits per heavy atom. The van der Waals surface area contributed by atoms with E-state index in [0.29, 0.717) is 25.9 Å². The summed E-state index contributed by atoms with van der Waals surface area (Å²) < 4.78 is 48.9. The van der Waals surface area contributed by atoms with E-state index in [2.05, 4.69) is 9.97 Å². The van der Waals surface area contributed by atoms with Crippen molar-refractivity contribution in [1.82, 2.24) is 9.97 Å². The summed E-state index contributed by atoms with van der Waals surface area (Å²) in [5.41, 5.74) is -0.140. The molecule has 3 rings (SSSR count). The van der Waals surface area contributed by atoms with E-state index in [0.717, 1.165) is 18.0 Å². The van der Waals surface area contributed by atoms with E-state index in [4.69, 9.17) is 9.47 Å². The molecule has 0 aliphatic carbocycles. The number of alkyl halides is 3. The average Bonchev–Trinajstić information content (AvgIpc) is 2.74. The molecular formula is C21H24F3N3O3. The van der Waals surface area contributed by atoms with Crippen molar-refractivity contribution in [2.45, 2.75) is 38.1 Å². The molecule has 2 aromatic rings. The third-order valence-electron chi connectivity index (χ3n) is 5.31. The number of nitrogens with zero attached hydrogens (tertiary/aromatic N) is 3. The average molecular weight is 423 g/mol. The van der Waals surface area contributed by atoms with Gasteiger partial charge in [-0.2, -0.15) is 13.2 Å². The summed E-state index contributed by atoms with van der Waals surface area (Å²) in [6, 6.07) is 9.14. The third kappa shape index (κ3) is 5.27. The maximum Gasteiger partial charge on any atom is 0.419 e. The van der Waals surface area contributed by atoms with E-state index in [9.17, 15) is 18.0 Å². The van der Waals surface area contributed by atoms with Gasteiger partial charge in [-0.05, 0) is 31.2 Å². The van der Waals surface area contributed by atoms with Gasteiger partial charge in [-0.25, -0.2) is 14.8 Å². The second-order valence-corrected chi connectivity index (χ2v) is 7.26. The number of methoxy groups -OCH3 is 1. The van der Waals surface area contributed by atoms with Crippen LogP contribution in [0.2, 0.25) is 0 Å². The Bertz CT molecular complexity index is 823. The van der Waals surface area contributed by atoms with Crippen LogP contribution in [-0.2, 0) is 20.4 Å². The summed E-state index contributed by atoms with van der Waals surface area (Å²) in [5, 5.41) is 0. The Morgan fingerprint density at radius 3 is 2.27 bits per heavy atom. The number of hydrogen-bond donors (Lipinski definition) is 0. The maximum atomic E-state index is 12.7. The van der Waals surface area contributed by atoms with Gasteiger partial charge in [0.15, 0.2) is 6.10 Å². The Labute approximate surface area is 173 Å². The summed E-state index contributed by atoms with van der Waals surface area (Å²) >= 11 is 0. The quantitative estimate of drug-likeness (QED) is 0.654. The van der Waals surface area contributed by atoms with Gasteiger partial charge in [0.25, 0.3) is 0 Å². The highest BCUT2D eigenvalue weighted by molar-refractivity contribution is 5.76. The smallest absolute Gasteiger partial charge is 0.419 e. The first-order valence-corrected chi connectivity index (χ1v) is 9.72. The Balaban J connectivity index is 1.53. The van der Waals surface area contributed by atoms with E-state index in [1.54, 1.807) is 0 Å². The fourth-order valence-corrected chi connectivity index (χ4v) is 3.54. The fraction of sp³-hybridized carbons (Fsp3) is 0.476. The monoisotopic (exact) mass is 423 g/mol. The van der Waals surface area contributed by atoms with Gasteiger partial charge in [0.1, 0.15) is 6.10 Å². The van der Waals surface area contributed by atoms with Crippen molar-refractivity contribution in [1.29, 1.82) is 0 Å². The molecule has 9 heteroatoms. The Morgan fingerprint density at radius 1 is 1.13 bits per heavy atom. The van der Waals surface area contributed by atoms with Crippen LogP contribution in [0.3, 0.4) is 0 Å². The number of halogens is 3. The van der Waals surface area contributed by atoms with Crippen LogP contribution in [0.4, 0.5) is 19.1 Å². The van der Waals surface area contributed by atoms with Gasteiger partial charge in [-0.15, -0.1) is 0 Å². The van der Waals surface area contributed by atoms with Crippen molar-refractivity contribution in [2.24, 2.45) is 5.92 Å². The number of ether oxygens (including phenoxy) is 2. The summed E-state index contributed by atoms with van der Waals surface area (Å²) in [5.74, 6) is -0.0350. The molecule has 1 aliphatic rings. The number of benzene rings is 1. The van der Waals surface area contributed by atoms with Crippen LogP contribution in [0.15, 0.2) is 42.7 Å². The second kappa shape index (κ2) is 9.42. The Hall–Kier alpha value is -2.68. The van der Waals surface area contributed by atoms with Crippen molar-refractivity contribution < 1.29 is 27.4 Å². The number of hydrogen-bond acceptors (Lipinski definition) is 6. The molecule has 0 bridgehead atoms. The molecule has 1 aromatic carbocycles. The van der Waals surface area contributed by atoms with Gasteiger partial charge >= 0.3 is 12.1 Å². The summed E-state index contributed by atoms with van der Waals surface area (Å²) in [4.78, 5) is 22.1. The first kappa shape index (κ1) is 22.0. The van der Waals surface area contributed by atoms with Crippen LogP contribution < -0.4 is 4.90 Å². The van der Waals surface area contributed by atoms with Crippen molar-refractivity contribution in [3.05, 3.63) is 53.9 Å². The number of esters is 1. The van der Waals surface area contributed by atoms with E-state index in [-0.39, 0.29) is 18.0 Å². The number of rotatable bonds is 6. The standard InChI is InChI=1S/C21H24F3N3O3/c1-14(30-19(28)18(29-2)16-6-4-3-5-7-16)15-8-10-27(11-9-15)20-25-12-17(13-26-20)21(22,23)24/h3-7,12-15,18H,8-11H2,1-2H3/t14?,18-/m0/s1. The highest BCUT2D eigenvalue weighted by Crippen LogP contribution is 2.30. The molecule has 1 aliphatic heterocycles. The van der Waals surface area contributed by atoms with Crippen LogP contribution in [0.1, 0.15) is 37.0 Å². The van der Waals surface area contributed by atoms with Gasteiger partial charge in [0, 0.05) is 32.6 Å². The minimum absolute atomic E-state index is 0.132. The molecule has 0 amide bonds. The third-order valence-corrected chi connectivity index (χ3v) is 5.31. The minimum Gasteiger partial charge on any atom is -0.460 e. The van der Waals surface area contributed by atoms with E-state index in [1.165, 1.54) is 7.11 Å². The molecule has 2 atom stereocenters. The molecule has 162 valence electrons. The molecule has 0 N–H and O–H groups in total. The normalized spacial score (nSPS) is 17.4. The van der Waals surface area contributed by atoms with E-state index >= 15 is 0 Å². The van der Waals surface area contributed by atoms with Gasteiger partial charge < -0.3 is 14.4 Å². The molecular weight excluding hydrogens is 399 g/mol. The lowest BCUT2D eigenvalue weighted by Crippen LogP contribution is -2.39. The molecule has 1 saturated heterocycles. The maximum absolute atomic E-state index is 12.7. The highest BCUT2D eigenvalue weighted by Gasteiger charge is 2.33. The fourth-order valence-electron chi connectivity index (χ4n) is 3.54. The lowest BCUT2D eigenvalue weighted by Gasteiger charge is -2.34. The largest absolute Gasteiger partial charge is 0.460 e. The number of piperidine rings is 1. The topological polar surface area (TPSA) is 64.6 Å². The molecule has 0 spiro atoms. The number of anilines is 1. The zero-order valence-electron chi connectivity index (χ0n) is 16.8. The summed E-state index contributed by atoms with van der Waals surface area (Å²) in [6.45, 7) is 3.00. The van der Waals surface area contributed by atoms with E-state index < -0.39 is 23.8 Å². The molecule has 2 heterocycles. The zero-order valence-corrected chi connectivity index (χ0v) is 16.8. The lowest BCUT2D eigenvalue weighted by atomic mass is 9.92. The first-order valence-electron chi connectivity index (χ1n) is 9.72. The predicted octanol–water partition coefficient (Wildman–Crippen LogP) is 4.03. The minimum atomic E-state index is -4.45. The van der Waals surface area contributed by atoms with Gasteiger partial charge in [-0.1, -0.05) is 30.3 Å². The van der Waals surface area contributed by atoms with Crippen molar-refractivity contribution in [3.63, 3.8) is 0 Å². The van der Waals surface area contributed by atoms with Crippen molar-refractivity contribution in [2.75, 3.05) is 25.1 Å². The zero-order chi connectivity index (χ0) is 21.7. The molecule has 1 unspecified atom stereocenters. The van der Waals surface area contributed by atoms with Gasteiger partial charge in [0.2, 0.25) is 5.95 Å². The SMILES string of the molecule is CO[C@H](C(=O)OC(C)C1CCN(c2ncc(C(F)(F)F)cn2)CC1)c1ccccc1. The van der Waals surface area contributed by atoms with Crippen LogP contribution in [-0.4, -0.2) is 42.2 Å². The predicted molar refractivity (Wildman–Crippen MR) is 104 cm³/mol. The first-order chi connectivity index (χ1) is 14.3. The molecule has 0 saturated carbocycles. The number of aromatic nitrogens is 2. The molecule has 1 fully saturated rings. The van der Waals surface area contributed by atoms with Crippen LogP contribution >= 0.6 is 0 Å². The highest BCUT2D eigenvalue weighted by atomic mass is 19.4. The molecule has 1 aromatic heterocycles. The van der Waals surface area contributed by atoms with Gasteiger partial charge in [0.05, 0.1) is 5.56 Å². The molecule has 6 nitrogen and oxygen atoms in total. The summed E-state index contributed by atoms with van der Waals surface area (Å²) in [6.07, 6.45) is -2.53. The van der Waals surface area contributed by atoms with Crippen LogP contribution in [0.25, 0.3) is 0 Å². The van der Waals surface area contributed by atoms with Crippen molar-refractivity contribution >= 4 is 11.9 Å². The number of carbonyl (C=O) groups is 1. The van der Waals surface area contributed by atoms with Crippen LogP contribution in [0, 0.1) is 5.92 Å². The molecule has 30 heavy (non-hydrogen) atoms. The van der Waals surface area contributed by atoms with E-state index in [1.807, 2.05) is 42.2 Å². The molecule has 0 radical (unpaired) electrons. The summed E-state index contributed by atoms with van der Waals surface area (Å²) in [7, 11) is 1.46. The Kier molecular flexibility index (Phi) is 6.91. The lowest BCUT2D eigenvalue weighted by molar-refractivity contribution is -0.163. The second-order valence-electron chi connectivity index (χ2n) is 7.26. The van der Waals surface area contributed by atoms with Gasteiger partial charge in [-0.3, -0.25) is 0 Å².